The predicted molar refractivity (Wildman–Crippen MR) is 74.7 cm³/mol. The number of amides is 1. The van der Waals surface area contributed by atoms with E-state index in [1.165, 1.54) is 0 Å². The Morgan fingerprint density at radius 2 is 1.85 bits per heavy atom. The summed E-state index contributed by atoms with van der Waals surface area (Å²) in [6.45, 7) is 1.88. The van der Waals surface area contributed by atoms with Crippen LogP contribution in [0, 0.1) is 18.6 Å². The summed E-state index contributed by atoms with van der Waals surface area (Å²) < 4.78 is 26.3. The molecule has 0 aliphatic carbocycles. The van der Waals surface area contributed by atoms with E-state index in [4.69, 9.17) is 0 Å². The topological polar surface area (TPSA) is 41.1 Å². The van der Waals surface area contributed by atoms with E-state index in [0.717, 1.165) is 29.4 Å². The molecule has 0 unspecified atom stereocenters. The zero-order valence-corrected chi connectivity index (χ0v) is 10.9. The lowest BCUT2D eigenvalue weighted by atomic mass is 10.2. The van der Waals surface area contributed by atoms with Crippen LogP contribution < -0.4 is 10.6 Å². The molecule has 0 spiro atoms. The van der Waals surface area contributed by atoms with Crippen molar-refractivity contribution in [2.45, 2.75) is 6.92 Å². The van der Waals surface area contributed by atoms with Crippen LogP contribution in [-0.4, -0.2) is 12.5 Å². The summed E-state index contributed by atoms with van der Waals surface area (Å²) >= 11 is 0. The molecule has 0 saturated heterocycles. The van der Waals surface area contributed by atoms with E-state index < -0.39 is 17.5 Å². The van der Waals surface area contributed by atoms with Gasteiger partial charge in [-0.2, -0.15) is 0 Å². The number of hydrogen-bond acceptors (Lipinski definition) is 2. The summed E-state index contributed by atoms with van der Waals surface area (Å²) in [4.78, 5) is 11.7. The molecule has 0 aliphatic heterocycles. The van der Waals surface area contributed by atoms with Crippen LogP contribution in [0.15, 0.2) is 42.5 Å². The van der Waals surface area contributed by atoms with Gasteiger partial charge in [0.1, 0.15) is 11.6 Å². The fourth-order valence-corrected chi connectivity index (χ4v) is 1.73. The highest BCUT2D eigenvalue weighted by Gasteiger charge is 2.08. The first kappa shape index (κ1) is 14.0. The smallest absolute Gasteiger partial charge is 0.243 e. The van der Waals surface area contributed by atoms with Gasteiger partial charge in [0.25, 0.3) is 0 Å². The fourth-order valence-electron chi connectivity index (χ4n) is 1.73. The predicted octanol–water partition coefficient (Wildman–Crippen LogP) is 3.32. The Labute approximate surface area is 115 Å². The Kier molecular flexibility index (Phi) is 4.30. The van der Waals surface area contributed by atoms with Crippen molar-refractivity contribution < 1.29 is 13.6 Å². The number of halogens is 2. The molecule has 2 rings (SSSR count). The second-order valence-electron chi connectivity index (χ2n) is 4.34. The van der Waals surface area contributed by atoms with Gasteiger partial charge in [-0.1, -0.05) is 18.2 Å². The lowest BCUT2D eigenvalue weighted by Gasteiger charge is -2.10. The molecule has 0 bridgehead atoms. The Morgan fingerprint density at radius 3 is 2.60 bits per heavy atom. The normalized spacial score (nSPS) is 10.2. The highest BCUT2D eigenvalue weighted by Crippen LogP contribution is 2.16. The molecule has 2 aromatic rings. The average molecular weight is 276 g/mol. The van der Waals surface area contributed by atoms with Crippen LogP contribution in [0.25, 0.3) is 0 Å². The molecular weight excluding hydrogens is 262 g/mol. The van der Waals surface area contributed by atoms with Crippen LogP contribution in [0.4, 0.5) is 20.2 Å². The Hall–Kier alpha value is -2.43. The van der Waals surface area contributed by atoms with Gasteiger partial charge in [0.2, 0.25) is 5.91 Å². The summed E-state index contributed by atoms with van der Waals surface area (Å²) in [5.41, 5.74) is 1.65. The lowest BCUT2D eigenvalue weighted by molar-refractivity contribution is -0.114. The molecule has 20 heavy (non-hydrogen) atoms. The number of hydrogen-bond donors (Lipinski definition) is 2. The van der Waals surface area contributed by atoms with E-state index in [1.54, 1.807) is 0 Å². The summed E-state index contributed by atoms with van der Waals surface area (Å²) in [5.74, 6) is -1.72. The van der Waals surface area contributed by atoms with E-state index in [-0.39, 0.29) is 12.2 Å². The highest BCUT2D eigenvalue weighted by atomic mass is 19.1. The first-order valence-electron chi connectivity index (χ1n) is 6.10. The van der Waals surface area contributed by atoms with Crippen molar-refractivity contribution in [3.05, 3.63) is 59.7 Å². The maximum Gasteiger partial charge on any atom is 0.243 e. The van der Waals surface area contributed by atoms with E-state index in [0.29, 0.717) is 0 Å². The molecule has 1 amide bonds. The largest absolute Gasteiger partial charge is 0.376 e. The van der Waals surface area contributed by atoms with Gasteiger partial charge in [-0.25, -0.2) is 8.78 Å². The SMILES string of the molecule is Cc1ccccc1NCC(=O)Nc1cc(F)ccc1F. The Bertz CT molecular complexity index is 629. The van der Waals surface area contributed by atoms with Gasteiger partial charge in [0.15, 0.2) is 0 Å². The maximum absolute atomic E-state index is 13.4. The fraction of sp³-hybridized carbons (Fsp3) is 0.133. The van der Waals surface area contributed by atoms with Crippen LogP contribution in [0.3, 0.4) is 0 Å². The van der Waals surface area contributed by atoms with E-state index in [1.807, 2.05) is 31.2 Å². The van der Waals surface area contributed by atoms with Crippen LogP contribution in [0.2, 0.25) is 0 Å². The minimum atomic E-state index is -0.671. The van der Waals surface area contributed by atoms with Crippen molar-refractivity contribution >= 4 is 17.3 Å². The first-order valence-corrected chi connectivity index (χ1v) is 6.10. The number of carbonyl (C=O) groups is 1. The van der Waals surface area contributed by atoms with Gasteiger partial charge in [-0.05, 0) is 30.7 Å². The molecule has 2 N–H and O–H groups in total. The van der Waals surface area contributed by atoms with Crippen molar-refractivity contribution in [3.8, 4) is 0 Å². The number of anilines is 2. The molecule has 0 atom stereocenters. The molecule has 5 heteroatoms. The van der Waals surface area contributed by atoms with Gasteiger partial charge in [0.05, 0.1) is 12.2 Å². The number of benzene rings is 2. The third-order valence-corrected chi connectivity index (χ3v) is 2.79. The number of para-hydroxylation sites is 1. The van der Waals surface area contributed by atoms with Gasteiger partial charge in [-0.15, -0.1) is 0 Å². The summed E-state index contributed by atoms with van der Waals surface area (Å²) in [5, 5.41) is 5.26. The van der Waals surface area contributed by atoms with Crippen molar-refractivity contribution in [2.75, 3.05) is 17.2 Å². The molecule has 0 radical (unpaired) electrons. The Morgan fingerprint density at radius 1 is 1.10 bits per heavy atom. The van der Waals surface area contributed by atoms with Crippen molar-refractivity contribution in [1.29, 1.82) is 0 Å². The van der Waals surface area contributed by atoms with Crippen molar-refractivity contribution in [1.82, 2.24) is 0 Å². The molecule has 0 saturated carbocycles. The van der Waals surface area contributed by atoms with E-state index in [9.17, 15) is 13.6 Å². The third kappa shape index (κ3) is 3.54. The summed E-state index contributed by atoms with van der Waals surface area (Å²) in [6, 6.07) is 10.4. The zero-order valence-electron chi connectivity index (χ0n) is 10.9. The molecule has 104 valence electrons. The summed E-state index contributed by atoms with van der Waals surface area (Å²) in [7, 11) is 0. The molecule has 0 fully saturated rings. The monoisotopic (exact) mass is 276 g/mol. The molecule has 2 aromatic carbocycles. The van der Waals surface area contributed by atoms with Gasteiger partial charge >= 0.3 is 0 Å². The Balaban J connectivity index is 1.96. The van der Waals surface area contributed by atoms with Gasteiger partial charge in [-0.3, -0.25) is 4.79 Å². The van der Waals surface area contributed by atoms with Gasteiger partial charge < -0.3 is 10.6 Å². The average Bonchev–Trinajstić information content (AvgIpc) is 2.42. The second kappa shape index (κ2) is 6.14. The van der Waals surface area contributed by atoms with E-state index in [2.05, 4.69) is 10.6 Å². The number of rotatable bonds is 4. The minimum absolute atomic E-state index is 0.0270. The molecule has 0 aromatic heterocycles. The molecule has 3 nitrogen and oxygen atoms in total. The van der Waals surface area contributed by atoms with Gasteiger partial charge in [0, 0.05) is 11.8 Å². The minimum Gasteiger partial charge on any atom is -0.376 e. The van der Waals surface area contributed by atoms with Crippen LogP contribution >= 0.6 is 0 Å². The molecular formula is C15H14F2N2O. The summed E-state index contributed by atoms with van der Waals surface area (Å²) in [6.07, 6.45) is 0. The highest BCUT2D eigenvalue weighted by molar-refractivity contribution is 5.93. The van der Waals surface area contributed by atoms with Crippen LogP contribution in [0.1, 0.15) is 5.56 Å². The van der Waals surface area contributed by atoms with E-state index >= 15 is 0 Å². The number of aryl methyl sites for hydroxylation is 1. The second-order valence-corrected chi connectivity index (χ2v) is 4.34. The number of nitrogens with one attached hydrogen (secondary N) is 2. The van der Waals surface area contributed by atoms with Crippen LogP contribution in [0.5, 0.6) is 0 Å². The molecule has 0 heterocycles. The van der Waals surface area contributed by atoms with Crippen molar-refractivity contribution in [2.24, 2.45) is 0 Å². The maximum atomic E-state index is 13.4. The molecule has 0 aliphatic rings. The zero-order chi connectivity index (χ0) is 14.5. The van der Waals surface area contributed by atoms with Crippen LogP contribution in [-0.2, 0) is 4.79 Å². The first-order chi connectivity index (χ1) is 9.56. The lowest BCUT2D eigenvalue weighted by Crippen LogP contribution is -2.22. The number of carbonyl (C=O) groups excluding carboxylic acids is 1. The standard InChI is InChI=1S/C15H14F2N2O/c1-10-4-2-3-5-13(10)18-9-15(20)19-14-8-11(16)6-7-12(14)17/h2-8,18H,9H2,1H3,(H,19,20). The quantitative estimate of drug-likeness (QED) is 0.899. The third-order valence-electron chi connectivity index (χ3n) is 2.79. The van der Waals surface area contributed by atoms with Crippen molar-refractivity contribution in [3.63, 3.8) is 0 Å².